The molecule has 0 aliphatic heterocycles. The quantitative estimate of drug-likeness (QED) is 0.500. The molecule has 0 fully saturated rings. The van der Waals surface area contributed by atoms with Crippen molar-refractivity contribution in [2.45, 2.75) is 25.4 Å². The van der Waals surface area contributed by atoms with E-state index >= 15 is 0 Å². The van der Waals surface area contributed by atoms with Gasteiger partial charge in [-0.05, 0) is 29.8 Å². The summed E-state index contributed by atoms with van der Waals surface area (Å²) in [5.41, 5.74) is 4.83. The molecule has 3 aromatic heterocycles. The third-order valence-corrected chi connectivity index (χ3v) is 5.59. The zero-order chi connectivity index (χ0) is 20.7. The summed E-state index contributed by atoms with van der Waals surface area (Å²) in [5.74, 6) is 1.64. The van der Waals surface area contributed by atoms with Crippen LogP contribution in [0, 0.1) is 0 Å². The smallest absolute Gasteiger partial charge is 0.167 e. The number of benzene rings is 1. The van der Waals surface area contributed by atoms with Crippen molar-refractivity contribution >= 4 is 11.4 Å². The predicted molar refractivity (Wildman–Crippen MR) is 110 cm³/mol. The van der Waals surface area contributed by atoms with E-state index in [4.69, 9.17) is 19.0 Å². The van der Waals surface area contributed by atoms with Crippen LogP contribution in [0.25, 0.3) is 16.8 Å². The van der Waals surface area contributed by atoms with Crippen molar-refractivity contribution in [2.75, 3.05) is 14.2 Å². The Bertz CT molecular complexity index is 1210. The van der Waals surface area contributed by atoms with Crippen LogP contribution in [-0.4, -0.2) is 34.6 Å². The van der Waals surface area contributed by atoms with Crippen LogP contribution in [-0.2, 0) is 17.8 Å². The highest BCUT2D eigenvalue weighted by atomic mass is 16.5. The molecule has 0 bridgehead atoms. The Morgan fingerprint density at radius 2 is 2.00 bits per heavy atom. The second kappa shape index (κ2) is 7.42. The van der Waals surface area contributed by atoms with Gasteiger partial charge in [-0.3, -0.25) is 4.79 Å². The number of ether oxygens (including phenoxy) is 2. The SMILES string of the molecule is COCc1nn2c3c(cnc2c1-c1ccc(OC)cc1)C(=O)CC(c1ccco1)C3. The van der Waals surface area contributed by atoms with Crippen molar-refractivity contribution in [3.8, 4) is 16.9 Å². The van der Waals surface area contributed by atoms with Crippen molar-refractivity contribution in [2.24, 2.45) is 0 Å². The molecule has 3 heterocycles. The fraction of sp³-hybridized carbons (Fsp3) is 0.261. The number of furan rings is 1. The van der Waals surface area contributed by atoms with Gasteiger partial charge in [-0.1, -0.05) is 12.1 Å². The zero-order valence-corrected chi connectivity index (χ0v) is 16.8. The molecule has 1 atom stereocenters. The summed E-state index contributed by atoms with van der Waals surface area (Å²) in [6.07, 6.45) is 4.38. The summed E-state index contributed by atoms with van der Waals surface area (Å²) >= 11 is 0. The minimum absolute atomic E-state index is 0.00916. The molecule has 5 rings (SSSR count). The van der Waals surface area contributed by atoms with Crippen LogP contribution in [0.2, 0.25) is 0 Å². The number of methoxy groups -OCH3 is 2. The first-order valence-corrected chi connectivity index (χ1v) is 9.79. The van der Waals surface area contributed by atoms with Gasteiger partial charge in [-0.15, -0.1) is 0 Å². The standard InChI is InChI=1S/C23H21N3O4/c1-28-13-18-22(14-5-7-16(29-2)8-6-14)23-24-12-17-19(26(23)25-18)10-15(11-20(17)27)21-4-3-9-30-21/h3-9,12,15H,10-11,13H2,1-2H3. The minimum Gasteiger partial charge on any atom is -0.497 e. The Morgan fingerprint density at radius 1 is 1.17 bits per heavy atom. The van der Waals surface area contributed by atoms with Gasteiger partial charge in [0.1, 0.15) is 11.5 Å². The van der Waals surface area contributed by atoms with E-state index in [1.807, 2.05) is 36.4 Å². The van der Waals surface area contributed by atoms with Crippen molar-refractivity contribution in [3.63, 3.8) is 0 Å². The summed E-state index contributed by atoms with van der Waals surface area (Å²) in [6.45, 7) is 0.342. The fourth-order valence-corrected chi connectivity index (χ4v) is 4.16. The number of nitrogens with zero attached hydrogens (tertiary/aromatic N) is 3. The summed E-state index contributed by atoms with van der Waals surface area (Å²) in [4.78, 5) is 17.5. The van der Waals surface area contributed by atoms with E-state index in [1.165, 1.54) is 0 Å². The van der Waals surface area contributed by atoms with Gasteiger partial charge in [-0.25, -0.2) is 9.50 Å². The van der Waals surface area contributed by atoms with Crippen LogP contribution < -0.4 is 4.74 Å². The number of hydrogen-bond donors (Lipinski definition) is 0. The van der Waals surface area contributed by atoms with Gasteiger partial charge in [0.15, 0.2) is 11.4 Å². The second-order valence-electron chi connectivity index (χ2n) is 7.38. The van der Waals surface area contributed by atoms with Gasteiger partial charge in [0.25, 0.3) is 0 Å². The zero-order valence-electron chi connectivity index (χ0n) is 16.8. The third-order valence-electron chi connectivity index (χ3n) is 5.59. The van der Waals surface area contributed by atoms with Crippen LogP contribution in [0.4, 0.5) is 0 Å². The van der Waals surface area contributed by atoms with Crippen molar-refractivity contribution in [3.05, 3.63) is 71.6 Å². The lowest BCUT2D eigenvalue weighted by atomic mass is 9.85. The van der Waals surface area contributed by atoms with Gasteiger partial charge in [0, 0.05) is 32.1 Å². The molecule has 4 aromatic rings. The summed E-state index contributed by atoms with van der Waals surface area (Å²) in [7, 11) is 3.28. The van der Waals surface area contributed by atoms with Gasteiger partial charge >= 0.3 is 0 Å². The molecule has 1 aliphatic rings. The van der Waals surface area contributed by atoms with Crippen molar-refractivity contribution in [1.82, 2.24) is 14.6 Å². The van der Waals surface area contributed by atoms with Crippen LogP contribution in [0.15, 0.2) is 53.3 Å². The maximum absolute atomic E-state index is 12.8. The summed E-state index contributed by atoms with van der Waals surface area (Å²) in [5, 5.41) is 4.80. The third kappa shape index (κ3) is 2.98. The topological polar surface area (TPSA) is 78.9 Å². The van der Waals surface area contributed by atoms with E-state index in [9.17, 15) is 4.79 Å². The molecule has 0 amide bonds. The Balaban J connectivity index is 1.68. The largest absolute Gasteiger partial charge is 0.497 e. The van der Waals surface area contributed by atoms with Crippen molar-refractivity contribution in [1.29, 1.82) is 0 Å². The molecule has 152 valence electrons. The average Bonchev–Trinajstić information content (AvgIpc) is 3.42. The van der Waals surface area contributed by atoms with E-state index in [2.05, 4.69) is 4.98 Å². The van der Waals surface area contributed by atoms with Gasteiger partial charge in [0.2, 0.25) is 0 Å². The Hall–Kier alpha value is -3.45. The molecule has 1 aliphatic carbocycles. The molecular weight excluding hydrogens is 382 g/mol. The van der Waals surface area contributed by atoms with E-state index in [0.29, 0.717) is 30.7 Å². The van der Waals surface area contributed by atoms with E-state index in [-0.39, 0.29) is 11.7 Å². The highest BCUT2D eigenvalue weighted by Gasteiger charge is 2.31. The molecule has 0 radical (unpaired) electrons. The second-order valence-corrected chi connectivity index (χ2v) is 7.38. The molecule has 1 aromatic carbocycles. The molecule has 0 spiro atoms. The number of carbonyl (C=O) groups is 1. The molecule has 1 unspecified atom stereocenters. The number of carbonyl (C=O) groups excluding carboxylic acids is 1. The fourth-order valence-electron chi connectivity index (χ4n) is 4.16. The number of hydrogen-bond acceptors (Lipinski definition) is 6. The van der Waals surface area contributed by atoms with Gasteiger partial charge in [0.05, 0.1) is 42.5 Å². The number of ketones is 1. The number of rotatable bonds is 5. The van der Waals surface area contributed by atoms with E-state index < -0.39 is 0 Å². The minimum atomic E-state index is -0.00916. The van der Waals surface area contributed by atoms with E-state index in [0.717, 1.165) is 34.0 Å². The normalized spacial score (nSPS) is 16.1. The lowest BCUT2D eigenvalue weighted by Gasteiger charge is -2.22. The number of fused-ring (bicyclic) bond motifs is 3. The Kier molecular flexibility index (Phi) is 4.59. The van der Waals surface area contributed by atoms with Crippen LogP contribution in [0.5, 0.6) is 5.75 Å². The molecule has 0 saturated carbocycles. The van der Waals surface area contributed by atoms with Crippen LogP contribution in [0.3, 0.4) is 0 Å². The maximum atomic E-state index is 12.8. The maximum Gasteiger partial charge on any atom is 0.167 e. The molecule has 7 heteroatoms. The monoisotopic (exact) mass is 403 g/mol. The molecule has 7 nitrogen and oxygen atoms in total. The molecule has 0 N–H and O–H groups in total. The Labute approximate surface area is 173 Å². The lowest BCUT2D eigenvalue weighted by Crippen LogP contribution is -2.22. The molecular formula is C23H21N3O4. The average molecular weight is 403 g/mol. The van der Waals surface area contributed by atoms with Crippen molar-refractivity contribution < 1.29 is 18.7 Å². The first-order chi connectivity index (χ1) is 14.7. The summed E-state index contributed by atoms with van der Waals surface area (Å²) in [6, 6.07) is 11.5. The lowest BCUT2D eigenvalue weighted by molar-refractivity contribution is 0.0958. The first kappa shape index (κ1) is 18.6. The summed E-state index contributed by atoms with van der Waals surface area (Å²) < 4.78 is 18.1. The van der Waals surface area contributed by atoms with Gasteiger partial charge in [-0.2, -0.15) is 5.10 Å². The molecule has 30 heavy (non-hydrogen) atoms. The number of aromatic nitrogens is 3. The highest BCUT2D eigenvalue weighted by Crippen LogP contribution is 2.36. The first-order valence-electron chi connectivity index (χ1n) is 9.79. The van der Waals surface area contributed by atoms with Crippen LogP contribution >= 0.6 is 0 Å². The molecule has 0 saturated heterocycles. The Morgan fingerprint density at radius 3 is 2.70 bits per heavy atom. The van der Waals surface area contributed by atoms with Crippen LogP contribution in [0.1, 0.15) is 39.8 Å². The van der Waals surface area contributed by atoms with E-state index in [1.54, 1.807) is 31.2 Å². The predicted octanol–water partition coefficient (Wildman–Crippen LogP) is 4.06. The van der Waals surface area contributed by atoms with Gasteiger partial charge < -0.3 is 13.9 Å². The number of Topliss-reactive ketones (excluding diaryl/α,β-unsaturated/α-hetero) is 1. The highest BCUT2D eigenvalue weighted by molar-refractivity contribution is 5.99.